The number of morpholine rings is 1. The van der Waals surface area contributed by atoms with E-state index in [4.69, 9.17) is 30.8 Å². The zero-order valence-electron chi connectivity index (χ0n) is 28.2. The summed E-state index contributed by atoms with van der Waals surface area (Å²) < 4.78 is 48.8. The summed E-state index contributed by atoms with van der Waals surface area (Å²) in [5, 5.41) is 10.8. The van der Waals surface area contributed by atoms with E-state index < -0.39 is 29.4 Å². The first kappa shape index (κ1) is 34.1. The second-order valence-corrected chi connectivity index (χ2v) is 14.3. The molecule has 4 aromatic rings. The van der Waals surface area contributed by atoms with Crippen molar-refractivity contribution in [3.8, 4) is 23.3 Å². The minimum absolute atomic E-state index is 0.0109. The van der Waals surface area contributed by atoms with Gasteiger partial charge in [0.05, 0.1) is 48.3 Å². The fourth-order valence-corrected chi connectivity index (χ4v) is 7.37. The maximum atomic E-state index is 16.7. The molecule has 0 saturated carbocycles. The summed E-state index contributed by atoms with van der Waals surface area (Å²) in [4.78, 5) is 32.7. The van der Waals surface area contributed by atoms with Crippen LogP contribution in [-0.4, -0.2) is 101 Å². The van der Waals surface area contributed by atoms with Crippen LogP contribution in [0.3, 0.4) is 0 Å². The summed E-state index contributed by atoms with van der Waals surface area (Å²) >= 11 is 6.40. The molecule has 0 aliphatic carbocycles. The molecule has 1 unspecified atom stereocenters. The highest BCUT2D eigenvalue weighted by Gasteiger charge is 2.38. The standard InChI is InChI=1S/C36H38ClF2N7O4/c1-36(2,3)50-35(47)46-14-13-45(18-22(46)10-11-40)33-26-17-41-31(25-7-4-6-21-8-9-27(38)29(37)28(21)25)30(39)32(26)42-34(43-33)48-15-5-12-44-19-24-16-23(44)20-49-24/h4,6-9,17,22-24H,5,10,12-16,18-20H2,1-3H3/t22-,23?,24+/m0/s1. The Morgan fingerprint density at radius 3 is 2.74 bits per heavy atom. The fourth-order valence-electron chi connectivity index (χ4n) is 7.09. The van der Waals surface area contributed by atoms with E-state index in [9.17, 15) is 14.4 Å². The number of hydrogen-bond acceptors (Lipinski definition) is 10. The van der Waals surface area contributed by atoms with Crippen molar-refractivity contribution in [2.24, 2.45) is 0 Å². The molecule has 262 valence electrons. The van der Waals surface area contributed by atoms with Crippen molar-refractivity contribution >= 4 is 45.2 Å². The number of aromatic nitrogens is 3. The molecule has 11 nitrogen and oxygen atoms in total. The van der Waals surface area contributed by atoms with E-state index in [-0.39, 0.29) is 41.8 Å². The number of rotatable bonds is 8. The number of nitrogens with zero attached hydrogens (tertiary/aromatic N) is 7. The Bertz CT molecular complexity index is 1990. The number of anilines is 1. The van der Waals surface area contributed by atoms with Crippen LogP contribution >= 0.6 is 11.6 Å². The summed E-state index contributed by atoms with van der Waals surface area (Å²) in [5.41, 5.74) is -0.462. The maximum absolute atomic E-state index is 16.7. The van der Waals surface area contributed by atoms with E-state index in [2.05, 4.69) is 20.9 Å². The van der Waals surface area contributed by atoms with Crippen molar-refractivity contribution in [3.63, 3.8) is 0 Å². The Labute approximate surface area is 293 Å². The van der Waals surface area contributed by atoms with Crippen molar-refractivity contribution in [2.45, 2.75) is 63.8 Å². The van der Waals surface area contributed by atoms with E-state index >= 15 is 4.39 Å². The van der Waals surface area contributed by atoms with E-state index in [0.717, 1.165) is 26.1 Å². The van der Waals surface area contributed by atoms with Crippen LogP contribution < -0.4 is 9.64 Å². The summed E-state index contributed by atoms with van der Waals surface area (Å²) in [6, 6.07) is 10.1. The molecule has 0 spiro atoms. The molecule has 14 heteroatoms. The molecule has 0 N–H and O–H groups in total. The number of nitriles is 1. The number of piperazine rings is 1. The number of benzene rings is 2. The van der Waals surface area contributed by atoms with Crippen LogP contribution in [0.4, 0.5) is 19.4 Å². The monoisotopic (exact) mass is 705 g/mol. The van der Waals surface area contributed by atoms with Gasteiger partial charge in [-0.25, -0.2) is 13.6 Å². The molecule has 50 heavy (non-hydrogen) atoms. The van der Waals surface area contributed by atoms with Crippen LogP contribution in [-0.2, 0) is 9.47 Å². The normalized spacial score (nSPS) is 20.9. The molecule has 3 fully saturated rings. The predicted molar refractivity (Wildman–Crippen MR) is 184 cm³/mol. The zero-order valence-corrected chi connectivity index (χ0v) is 28.9. The molecule has 0 radical (unpaired) electrons. The first-order valence-corrected chi connectivity index (χ1v) is 17.2. The second-order valence-electron chi connectivity index (χ2n) is 14.0. The van der Waals surface area contributed by atoms with Crippen LogP contribution in [0.15, 0.2) is 36.5 Å². The van der Waals surface area contributed by atoms with Gasteiger partial charge in [-0.2, -0.15) is 15.2 Å². The quantitative estimate of drug-likeness (QED) is 0.192. The van der Waals surface area contributed by atoms with Gasteiger partial charge in [0.15, 0.2) is 5.82 Å². The van der Waals surface area contributed by atoms with Crippen molar-refractivity contribution < 1.29 is 27.8 Å². The Hall–Kier alpha value is -4.38. The van der Waals surface area contributed by atoms with Gasteiger partial charge < -0.3 is 24.0 Å². The van der Waals surface area contributed by atoms with Crippen molar-refractivity contribution in [1.82, 2.24) is 24.8 Å². The molecule has 1 amide bonds. The Morgan fingerprint density at radius 2 is 2.00 bits per heavy atom. The van der Waals surface area contributed by atoms with Crippen molar-refractivity contribution in [1.29, 1.82) is 5.26 Å². The van der Waals surface area contributed by atoms with Gasteiger partial charge in [0.1, 0.15) is 28.4 Å². The minimum atomic E-state index is -0.738. The molecule has 3 aliphatic heterocycles. The van der Waals surface area contributed by atoms with Crippen molar-refractivity contribution in [3.05, 3.63) is 53.2 Å². The van der Waals surface area contributed by atoms with E-state index in [1.807, 2.05) is 4.90 Å². The molecule has 5 heterocycles. The average Bonchev–Trinajstić information content (AvgIpc) is 3.72. The van der Waals surface area contributed by atoms with Gasteiger partial charge in [-0.15, -0.1) is 0 Å². The van der Waals surface area contributed by atoms with Gasteiger partial charge in [0.25, 0.3) is 0 Å². The van der Waals surface area contributed by atoms with Gasteiger partial charge in [-0.05, 0) is 45.1 Å². The average molecular weight is 706 g/mol. The lowest BCUT2D eigenvalue weighted by atomic mass is 10.0. The Morgan fingerprint density at radius 1 is 1.16 bits per heavy atom. The summed E-state index contributed by atoms with van der Waals surface area (Å²) in [5.74, 6) is -0.997. The number of likely N-dealkylation sites (tertiary alicyclic amines) is 1. The largest absolute Gasteiger partial charge is 0.463 e. The molecular weight excluding hydrogens is 668 g/mol. The van der Waals surface area contributed by atoms with Crippen LogP contribution in [0.1, 0.15) is 40.0 Å². The number of hydrogen-bond donors (Lipinski definition) is 0. The highest BCUT2D eigenvalue weighted by Crippen LogP contribution is 2.38. The zero-order chi connectivity index (χ0) is 35.2. The minimum Gasteiger partial charge on any atom is -0.463 e. The lowest BCUT2D eigenvalue weighted by molar-refractivity contribution is 0.0145. The summed E-state index contributed by atoms with van der Waals surface area (Å²) in [6.45, 7) is 8.97. The molecular formula is C36H38ClF2N7O4. The topological polar surface area (TPSA) is 117 Å². The van der Waals surface area contributed by atoms with E-state index in [1.54, 1.807) is 49.9 Å². The third-order valence-electron chi connectivity index (χ3n) is 9.41. The van der Waals surface area contributed by atoms with E-state index in [0.29, 0.717) is 59.3 Å². The Kier molecular flexibility index (Phi) is 9.36. The number of fused-ring (bicyclic) bond motifs is 4. The van der Waals surface area contributed by atoms with E-state index in [1.165, 1.54) is 12.3 Å². The highest BCUT2D eigenvalue weighted by molar-refractivity contribution is 6.36. The summed E-state index contributed by atoms with van der Waals surface area (Å²) in [7, 11) is 0. The number of carbonyl (C=O) groups is 1. The lowest BCUT2D eigenvalue weighted by Crippen LogP contribution is -2.56. The van der Waals surface area contributed by atoms with Crippen LogP contribution in [0, 0.1) is 23.0 Å². The summed E-state index contributed by atoms with van der Waals surface area (Å²) in [6.07, 6.45) is 3.10. The lowest BCUT2D eigenvalue weighted by Gasteiger charge is -2.41. The first-order chi connectivity index (χ1) is 24.0. The third kappa shape index (κ3) is 6.72. The first-order valence-electron chi connectivity index (χ1n) is 16.8. The third-order valence-corrected chi connectivity index (χ3v) is 9.78. The SMILES string of the molecule is CC(C)(C)OC(=O)N1CCN(c2nc(OCCCN3C[C@H]4CC3CO4)nc3c(F)c(-c4cccc5ccc(F)c(Cl)c45)ncc23)C[C@@H]1CC#N. The molecule has 3 saturated heterocycles. The van der Waals surface area contributed by atoms with Gasteiger partial charge in [0.2, 0.25) is 0 Å². The number of ether oxygens (including phenoxy) is 3. The van der Waals surface area contributed by atoms with Gasteiger partial charge in [-0.3, -0.25) is 9.88 Å². The molecule has 2 aromatic heterocycles. The maximum Gasteiger partial charge on any atom is 0.410 e. The predicted octanol–water partition coefficient (Wildman–Crippen LogP) is 6.36. The molecule has 7 rings (SSSR count). The fraction of sp³-hybridized carbons (Fsp3) is 0.472. The van der Waals surface area contributed by atoms with Gasteiger partial charge in [0, 0.05) is 55.9 Å². The van der Waals surface area contributed by atoms with Crippen LogP contribution in [0.5, 0.6) is 6.01 Å². The second kappa shape index (κ2) is 13.7. The molecule has 2 bridgehead atoms. The van der Waals surface area contributed by atoms with Crippen LogP contribution in [0.25, 0.3) is 32.9 Å². The van der Waals surface area contributed by atoms with Gasteiger partial charge >= 0.3 is 12.1 Å². The molecule has 2 aromatic carbocycles. The van der Waals surface area contributed by atoms with Crippen LogP contribution in [0.2, 0.25) is 5.02 Å². The van der Waals surface area contributed by atoms with Crippen molar-refractivity contribution in [2.75, 3.05) is 50.8 Å². The smallest absolute Gasteiger partial charge is 0.410 e. The number of amides is 1. The molecule has 3 aliphatic rings. The number of pyridine rings is 1. The number of halogens is 3. The highest BCUT2D eigenvalue weighted by atomic mass is 35.5. The Balaban J connectivity index is 1.24. The van der Waals surface area contributed by atoms with Gasteiger partial charge in [-0.1, -0.05) is 35.9 Å². The number of carbonyl (C=O) groups excluding carboxylic acids is 1. The molecule has 3 atom stereocenters.